The van der Waals surface area contributed by atoms with Gasteiger partial charge >= 0.3 is 0 Å². The van der Waals surface area contributed by atoms with Crippen molar-refractivity contribution >= 4 is 12.4 Å². The normalized spacial score (nSPS) is 28.1. The Morgan fingerprint density at radius 1 is 1.00 bits per heavy atom. The van der Waals surface area contributed by atoms with Crippen LogP contribution in [-0.4, -0.2) is 17.5 Å². The molecule has 25 heavy (non-hydrogen) atoms. The van der Waals surface area contributed by atoms with Crippen LogP contribution in [0.4, 0.5) is 0 Å². The molecule has 1 unspecified atom stereocenters. The molecule has 1 aliphatic carbocycles. The number of halogens is 1. The highest BCUT2D eigenvalue weighted by Gasteiger charge is 2.50. The maximum absolute atomic E-state index is 2.77. The minimum absolute atomic E-state index is 0. The second-order valence-corrected chi connectivity index (χ2v) is 7.66. The zero-order chi connectivity index (χ0) is 16.6. The summed E-state index contributed by atoms with van der Waals surface area (Å²) in [4.78, 5) is 2.77. The van der Waals surface area contributed by atoms with E-state index < -0.39 is 0 Å². The summed E-state index contributed by atoms with van der Waals surface area (Å²) in [5, 5.41) is 0. The molecule has 2 aromatic carbocycles. The van der Waals surface area contributed by atoms with Gasteiger partial charge in [0.25, 0.3) is 0 Å². The molecular weight excluding hydrogens is 326 g/mol. The third-order valence-electron chi connectivity index (χ3n) is 6.77. The molecule has 134 valence electrons. The first-order valence-electron chi connectivity index (χ1n) is 9.65. The summed E-state index contributed by atoms with van der Waals surface area (Å²) in [6.45, 7) is 7.15. The monoisotopic (exact) mass is 355 g/mol. The highest BCUT2D eigenvalue weighted by Crippen LogP contribution is 2.52. The third-order valence-corrected chi connectivity index (χ3v) is 6.77. The van der Waals surface area contributed by atoms with Crippen molar-refractivity contribution in [2.24, 2.45) is 5.92 Å². The number of fused-ring (bicyclic) bond motifs is 4. The van der Waals surface area contributed by atoms with Crippen molar-refractivity contribution in [1.29, 1.82) is 0 Å². The highest BCUT2D eigenvalue weighted by atomic mass is 35.5. The van der Waals surface area contributed by atoms with E-state index in [1.165, 1.54) is 37.8 Å². The van der Waals surface area contributed by atoms with E-state index in [9.17, 15) is 0 Å². The van der Waals surface area contributed by atoms with Crippen molar-refractivity contribution in [2.45, 2.75) is 57.5 Å². The van der Waals surface area contributed by atoms with Crippen LogP contribution in [0.3, 0.4) is 0 Å². The zero-order valence-corrected chi connectivity index (χ0v) is 16.3. The van der Waals surface area contributed by atoms with E-state index in [0.717, 1.165) is 12.5 Å². The van der Waals surface area contributed by atoms with Crippen LogP contribution in [0.5, 0.6) is 0 Å². The Morgan fingerprint density at radius 2 is 1.72 bits per heavy atom. The van der Waals surface area contributed by atoms with Gasteiger partial charge in [0.05, 0.1) is 0 Å². The molecule has 0 N–H and O–H groups in total. The lowest BCUT2D eigenvalue weighted by atomic mass is 9.55. The lowest BCUT2D eigenvalue weighted by molar-refractivity contribution is 0.00431. The average Bonchev–Trinajstić information content (AvgIpc) is 2.64. The van der Waals surface area contributed by atoms with Gasteiger partial charge in [0.2, 0.25) is 0 Å². The van der Waals surface area contributed by atoms with Crippen LogP contribution in [0.2, 0.25) is 0 Å². The molecule has 1 nitrogen and oxygen atoms in total. The Bertz CT molecular complexity index is 698. The number of piperidine rings is 1. The van der Waals surface area contributed by atoms with Gasteiger partial charge in [0.1, 0.15) is 0 Å². The summed E-state index contributed by atoms with van der Waals surface area (Å²) in [5.74, 6) is 0.787. The van der Waals surface area contributed by atoms with Crippen molar-refractivity contribution in [1.82, 2.24) is 4.90 Å². The number of likely N-dealkylation sites (tertiary alicyclic amines) is 1. The van der Waals surface area contributed by atoms with Crippen molar-refractivity contribution in [3.63, 3.8) is 0 Å². The SMILES string of the molecule is CCC1[C@@H]2Cc3ccccc3[C@@]1(CC)CCN2Cc1ccccc1.Cl. The smallest absolute Gasteiger partial charge is 0.0236 e. The molecular formula is C23H30ClN. The summed E-state index contributed by atoms with van der Waals surface area (Å²) in [6, 6.07) is 21.0. The first-order valence-corrected chi connectivity index (χ1v) is 9.65. The zero-order valence-electron chi connectivity index (χ0n) is 15.4. The van der Waals surface area contributed by atoms with Crippen molar-refractivity contribution in [3.8, 4) is 0 Å². The Labute approximate surface area is 158 Å². The molecule has 1 fully saturated rings. The summed E-state index contributed by atoms with van der Waals surface area (Å²) in [6.07, 6.45) is 5.10. The Morgan fingerprint density at radius 3 is 2.44 bits per heavy atom. The number of rotatable bonds is 4. The number of hydrogen-bond donors (Lipinski definition) is 0. The maximum atomic E-state index is 2.77. The van der Waals surface area contributed by atoms with E-state index >= 15 is 0 Å². The molecule has 0 radical (unpaired) electrons. The van der Waals surface area contributed by atoms with E-state index in [1.807, 2.05) is 0 Å². The number of nitrogens with zero attached hydrogens (tertiary/aromatic N) is 1. The molecule has 2 heteroatoms. The molecule has 2 aromatic rings. The molecule has 2 aliphatic rings. The second-order valence-electron chi connectivity index (χ2n) is 7.66. The fourth-order valence-corrected chi connectivity index (χ4v) is 5.64. The van der Waals surface area contributed by atoms with Gasteiger partial charge in [-0.25, -0.2) is 0 Å². The average molecular weight is 356 g/mol. The topological polar surface area (TPSA) is 3.24 Å². The minimum atomic E-state index is 0. The minimum Gasteiger partial charge on any atom is -0.295 e. The Hall–Kier alpha value is -1.31. The molecule has 3 atom stereocenters. The van der Waals surface area contributed by atoms with E-state index in [-0.39, 0.29) is 12.4 Å². The molecule has 0 aromatic heterocycles. The van der Waals surface area contributed by atoms with Gasteiger partial charge in [0.15, 0.2) is 0 Å². The lowest BCUT2D eigenvalue weighted by Gasteiger charge is -2.57. The van der Waals surface area contributed by atoms with Crippen LogP contribution in [0.1, 0.15) is 49.8 Å². The van der Waals surface area contributed by atoms with Crippen molar-refractivity contribution in [3.05, 3.63) is 71.3 Å². The number of benzene rings is 2. The predicted octanol–water partition coefficient (Wildman–Crippen LogP) is 5.61. The largest absolute Gasteiger partial charge is 0.295 e. The molecule has 1 heterocycles. The molecule has 1 saturated heterocycles. The van der Waals surface area contributed by atoms with Gasteiger partial charge in [-0.1, -0.05) is 74.9 Å². The van der Waals surface area contributed by atoms with Gasteiger partial charge in [-0.15, -0.1) is 12.4 Å². The van der Waals surface area contributed by atoms with Gasteiger partial charge in [0, 0.05) is 18.0 Å². The van der Waals surface area contributed by atoms with E-state index in [0.29, 0.717) is 11.5 Å². The second kappa shape index (κ2) is 7.51. The van der Waals surface area contributed by atoms with Gasteiger partial charge < -0.3 is 0 Å². The van der Waals surface area contributed by atoms with Crippen LogP contribution in [0.25, 0.3) is 0 Å². The lowest BCUT2D eigenvalue weighted by Crippen LogP contribution is -2.59. The summed E-state index contributed by atoms with van der Waals surface area (Å²) < 4.78 is 0. The molecule has 0 amide bonds. The first-order chi connectivity index (χ1) is 11.8. The summed E-state index contributed by atoms with van der Waals surface area (Å²) >= 11 is 0. The fourth-order valence-electron chi connectivity index (χ4n) is 5.64. The first kappa shape index (κ1) is 18.5. The van der Waals surface area contributed by atoms with E-state index in [1.54, 1.807) is 11.1 Å². The molecule has 0 saturated carbocycles. The summed E-state index contributed by atoms with van der Waals surface area (Å²) in [7, 11) is 0. The van der Waals surface area contributed by atoms with Crippen LogP contribution < -0.4 is 0 Å². The summed E-state index contributed by atoms with van der Waals surface area (Å²) in [5.41, 5.74) is 5.12. The van der Waals surface area contributed by atoms with Gasteiger partial charge in [-0.3, -0.25) is 4.90 Å². The maximum Gasteiger partial charge on any atom is 0.0236 e. The van der Waals surface area contributed by atoms with Crippen LogP contribution in [-0.2, 0) is 18.4 Å². The Kier molecular flexibility index (Phi) is 5.55. The van der Waals surface area contributed by atoms with Crippen LogP contribution in [0, 0.1) is 5.92 Å². The van der Waals surface area contributed by atoms with E-state index in [2.05, 4.69) is 73.3 Å². The van der Waals surface area contributed by atoms with Crippen molar-refractivity contribution < 1.29 is 0 Å². The van der Waals surface area contributed by atoms with Crippen LogP contribution in [0.15, 0.2) is 54.6 Å². The van der Waals surface area contributed by atoms with E-state index in [4.69, 9.17) is 0 Å². The predicted molar refractivity (Wildman–Crippen MR) is 108 cm³/mol. The fraction of sp³-hybridized carbons (Fsp3) is 0.478. The van der Waals surface area contributed by atoms with Crippen LogP contribution >= 0.6 is 12.4 Å². The quantitative estimate of drug-likeness (QED) is 0.688. The molecule has 2 bridgehead atoms. The van der Waals surface area contributed by atoms with Crippen molar-refractivity contribution in [2.75, 3.05) is 6.54 Å². The molecule has 1 aliphatic heterocycles. The third kappa shape index (κ3) is 3.02. The van der Waals surface area contributed by atoms with Gasteiger partial charge in [-0.05, 0) is 48.4 Å². The highest BCUT2D eigenvalue weighted by molar-refractivity contribution is 5.85. The molecule has 0 spiro atoms. The van der Waals surface area contributed by atoms with Gasteiger partial charge in [-0.2, -0.15) is 0 Å². The Balaban J connectivity index is 0.00000182. The standard InChI is InChI=1S/C23H29N.ClH/c1-3-20-22-16-19-12-8-9-13-21(19)23(20,4-2)14-15-24(22)17-18-10-6-5-7-11-18;/h5-13,20,22H,3-4,14-17H2,1-2H3;1H/t20?,22-,23-;/m0./s1. The number of hydrogen-bond acceptors (Lipinski definition) is 1. The molecule has 4 rings (SSSR count).